The number of hydrazone groups is 1. The fraction of sp³-hybridized carbons (Fsp3) is 0.162. The third kappa shape index (κ3) is 6.38. The number of aromatic nitrogens is 2. The van der Waals surface area contributed by atoms with Crippen molar-refractivity contribution in [3.63, 3.8) is 0 Å². The fourth-order valence-corrected chi connectivity index (χ4v) is 5.84. The number of hydrogen-bond acceptors (Lipinski definition) is 5. The number of benzene rings is 4. The van der Waals surface area contributed by atoms with Gasteiger partial charge in [0.05, 0.1) is 35.0 Å². The number of aryl methyl sites for hydroxylation is 2. The van der Waals surface area contributed by atoms with E-state index in [9.17, 15) is 4.79 Å². The third-order valence-electron chi connectivity index (χ3n) is 7.32. The lowest BCUT2D eigenvalue weighted by Crippen LogP contribution is -2.21. The summed E-state index contributed by atoms with van der Waals surface area (Å²) in [5.41, 5.74) is 7.76. The summed E-state index contributed by atoms with van der Waals surface area (Å²) in [6.07, 6.45) is 4.87. The Kier molecular flexibility index (Phi) is 8.75. The van der Waals surface area contributed by atoms with E-state index in [-0.39, 0.29) is 5.91 Å². The lowest BCUT2D eigenvalue weighted by Gasteiger charge is -2.11. The van der Waals surface area contributed by atoms with Gasteiger partial charge in [-0.2, -0.15) is 15.2 Å². The molecule has 5 aromatic rings. The minimum Gasteiger partial charge on any atom is -0.493 e. The summed E-state index contributed by atoms with van der Waals surface area (Å²) in [5.74, 6) is 1.26. The van der Waals surface area contributed by atoms with Crippen molar-refractivity contribution < 1.29 is 9.53 Å². The van der Waals surface area contributed by atoms with E-state index in [4.69, 9.17) is 14.9 Å². The predicted molar refractivity (Wildman–Crippen MR) is 181 cm³/mol. The van der Waals surface area contributed by atoms with Crippen LogP contribution >= 0.6 is 11.8 Å². The molecule has 0 N–H and O–H groups in total. The molecule has 1 amide bonds. The first kappa shape index (κ1) is 29.2. The Morgan fingerprint density at radius 2 is 1.57 bits per heavy atom. The topological polar surface area (TPSA) is 59.7 Å². The van der Waals surface area contributed by atoms with Crippen molar-refractivity contribution in [2.45, 2.75) is 32.1 Å². The first-order valence-corrected chi connectivity index (χ1v) is 15.8. The summed E-state index contributed by atoms with van der Waals surface area (Å²) >= 11 is 1.67. The zero-order chi connectivity index (χ0) is 30.5. The van der Waals surface area contributed by atoms with Gasteiger partial charge in [-0.25, -0.2) is 4.68 Å². The number of rotatable bonds is 10. The second kappa shape index (κ2) is 13.2. The lowest BCUT2D eigenvalue weighted by atomic mass is 10.0. The highest BCUT2D eigenvalue weighted by Gasteiger charge is 2.31. The van der Waals surface area contributed by atoms with Crippen LogP contribution in [0.3, 0.4) is 0 Å². The Balaban J connectivity index is 1.43. The van der Waals surface area contributed by atoms with Crippen LogP contribution < -0.4 is 9.75 Å². The van der Waals surface area contributed by atoms with Crippen LogP contribution in [0.15, 0.2) is 125 Å². The molecule has 1 aromatic heterocycles. The third-order valence-corrected chi connectivity index (χ3v) is 8.35. The minimum absolute atomic E-state index is 0.159. The van der Waals surface area contributed by atoms with E-state index in [1.807, 2.05) is 96.7 Å². The highest BCUT2D eigenvalue weighted by Crippen LogP contribution is 2.33. The molecule has 220 valence electrons. The van der Waals surface area contributed by atoms with Gasteiger partial charge in [-0.1, -0.05) is 61.0 Å². The molecular weight excluding hydrogens is 565 g/mol. The first-order valence-electron chi connectivity index (χ1n) is 14.8. The van der Waals surface area contributed by atoms with E-state index in [0.717, 1.165) is 56.5 Å². The Bertz CT molecular complexity index is 1830. The van der Waals surface area contributed by atoms with Gasteiger partial charge in [0.25, 0.3) is 5.91 Å². The number of hydrogen-bond donors (Lipinski definition) is 0. The van der Waals surface area contributed by atoms with Gasteiger partial charge in [0.15, 0.2) is 0 Å². The first-order chi connectivity index (χ1) is 21.5. The number of carbonyl (C=O) groups is 1. The molecule has 44 heavy (non-hydrogen) atoms. The monoisotopic (exact) mass is 598 g/mol. The minimum atomic E-state index is -0.159. The number of anilines is 1. The van der Waals surface area contributed by atoms with Gasteiger partial charge in [0, 0.05) is 28.0 Å². The van der Waals surface area contributed by atoms with Gasteiger partial charge in [0.1, 0.15) is 5.75 Å². The smallest absolute Gasteiger partial charge is 0.280 e. The molecule has 0 unspecified atom stereocenters. The molecule has 0 atom stereocenters. The van der Waals surface area contributed by atoms with E-state index in [1.54, 1.807) is 11.8 Å². The number of amides is 1. The molecule has 2 heterocycles. The molecular formula is C37H34N4O2S. The summed E-state index contributed by atoms with van der Waals surface area (Å²) in [6.45, 7) is 6.89. The van der Waals surface area contributed by atoms with E-state index in [1.165, 1.54) is 10.6 Å². The lowest BCUT2D eigenvalue weighted by molar-refractivity contribution is -0.114. The molecule has 1 aliphatic rings. The van der Waals surface area contributed by atoms with Crippen LogP contribution in [0.25, 0.3) is 23.0 Å². The maximum atomic E-state index is 14.0. The van der Waals surface area contributed by atoms with Gasteiger partial charge in [-0.05, 0) is 86.5 Å². The Morgan fingerprint density at radius 3 is 2.25 bits per heavy atom. The fourth-order valence-electron chi connectivity index (χ4n) is 5.00. The normalized spacial score (nSPS) is 13.9. The number of thioether (sulfide) groups is 1. The summed E-state index contributed by atoms with van der Waals surface area (Å²) in [6, 6.07) is 34.1. The largest absolute Gasteiger partial charge is 0.493 e. The van der Waals surface area contributed by atoms with Crippen LogP contribution in [0.5, 0.6) is 5.75 Å². The van der Waals surface area contributed by atoms with Crippen LogP contribution in [0.1, 0.15) is 30.0 Å². The molecule has 0 radical (unpaired) electrons. The molecule has 1 aliphatic heterocycles. The Labute approximate surface area is 262 Å². The maximum Gasteiger partial charge on any atom is 0.280 e. The average Bonchev–Trinajstić information content (AvgIpc) is 3.62. The van der Waals surface area contributed by atoms with E-state index in [0.29, 0.717) is 17.9 Å². The van der Waals surface area contributed by atoms with Crippen molar-refractivity contribution in [3.8, 4) is 22.7 Å². The van der Waals surface area contributed by atoms with Crippen LogP contribution in [0.4, 0.5) is 5.69 Å². The standard InChI is InChI=1S/C37H34N4O2S/c1-4-21-43-35-20-17-28(22-27(35)3)36-29(24-40(39-36)30-11-7-5-8-12-30)23-33-34(25-44-32-18-15-26(2)16-19-32)38-41(37(33)42)31-13-9-6-10-14-31/h5-20,22-24H,4,21,25H2,1-3H3. The summed E-state index contributed by atoms with van der Waals surface area (Å²) < 4.78 is 7.80. The number of para-hydroxylation sites is 2. The van der Waals surface area contributed by atoms with Gasteiger partial charge < -0.3 is 4.74 Å². The second-order valence-corrected chi connectivity index (χ2v) is 11.7. The second-order valence-electron chi connectivity index (χ2n) is 10.7. The molecule has 0 spiro atoms. The summed E-state index contributed by atoms with van der Waals surface area (Å²) in [4.78, 5) is 15.1. The number of ether oxygens (including phenoxy) is 1. The van der Waals surface area contributed by atoms with Gasteiger partial charge in [-0.3, -0.25) is 4.79 Å². The van der Waals surface area contributed by atoms with Gasteiger partial charge in [-0.15, -0.1) is 11.8 Å². The van der Waals surface area contributed by atoms with Crippen LogP contribution in [-0.4, -0.2) is 33.8 Å². The number of carbonyl (C=O) groups excluding carboxylic acids is 1. The predicted octanol–water partition coefficient (Wildman–Crippen LogP) is 8.52. The van der Waals surface area contributed by atoms with Crippen LogP contribution in [0.2, 0.25) is 0 Å². The SMILES string of the molecule is CCCOc1ccc(-c2nn(-c3ccccc3)cc2C=C2C(=O)N(c3ccccc3)N=C2CSc2ccc(C)cc2)cc1C. The molecule has 0 fully saturated rings. The summed E-state index contributed by atoms with van der Waals surface area (Å²) in [7, 11) is 0. The maximum absolute atomic E-state index is 14.0. The van der Waals surface area contributed by atoms with Crippen molar-refractivity contribution in [3.05, 3.63) is 132 Å². The molecule has 4 aromatic carbocycles. The molecule has 0 saturated heterocycles. The quantitative estimate of drug-likeness (QED) is 0.119. The number of nitrogens with zero attached hydrogens (tertiary/aromatic N) is 4. The average molecular weight is 599 g/mol. The zero-order valence-electron chi connectivity index (χ0n) is 25.1. The van der Waals surface area contributed by atoms with Crippen molar-refractivity contribution in [2.24, 2.45) is 5.10 Å². The molecule has 0 bridgehead atoms. The van der Waals surface area contributed by atoms with E-state index in [2.05, 4.69) is 44.2 Å². The van der Waals surface area contributed by atoms with Crippen molar-refractivity contribution >= 4 is 35.1 Å². The molecule has 7 heteroatoms. The molecule has 0 aliphatic carbocycles. The zero-order valence-corrected chi connectivity index (χ0v) is 25.9. The highest BCUT2D eigenvalue weighted by molar-refractivity contribution is 8.00. The van der Waals surface area contributed by atoms with Crippen molar-refractivity contribution in [1.82, 2.24) is 9.78 Å². The van der Waals surface area contributed by atoms with E-state index >= 15 is 0 Å². The van der Waals surface area contributed by atoms with Crippen LogP contribution in [0, 0.1) is 13.8 Å². The molecule has 0 saturated carbocycles. The summed E-state index contributed by atoms with van der Waals surface area (Å²) in [5, 5.41) is 11.4. The Hall–Kier alpha value is -4.88. The van der Waals surface area contributed by atoms with E-state index < -0.39 is 0 Å². The van der Waals surface area contributed by atoms with Gasteiger partial charge in [0.2, 0.25) is 0 Å². The van der Waals surface area contributed by atoms with Crippen LogP contribution in [-0.2, 0) is 4.79 Å². The molecule has 6 rings (SSSR count). The van der Waals surface area contributed by atoms with Crippen molar-refractivity contribution in [2.75, 3.05) is 17.4 Å². The van der Waals surface area contributed by atoms with Crippen molar-refractivity contribution in [1.29, 1.82) is 0 Å². The Morgan fingerprint density at radius 1 is 0.864 bits per heavy atom. The molecule has 6 nitrogen and oxygen atoms in total. The van der Waals surface area contributed by atoms with Gasteiger partial charge >= 0.3 is 0 Å². The highest BCUT2D eigenvalue weighted by atomic mass is 32.2.